The third-order valence-corrected chi connectivity index (χ3v) is 3.92. The molecule has 21 heavy (non-hydrogen) atoms. The van der Waals surface area contributed by atoms with E-state index >= 15 is 0 Å². The van der Waals surface area contributed by atoms with Gasteiger partial charge in [-0.25, -0.2) is 4.98 Å². The van der Waals surface area contributed by atoms with Crippen LogP contribution in [0.15, 0.2) is 42.5 Å². The molecule has 0 bridgehead atoms. The Balaban J connectivity index is 1.94. The van der Waals surface area contributed by atoms with E-state index in [2.05, 4.69) is 11.1 Å². The lowest BCUT2D eigenvalue weighted by atomic mass is 10.1. The summed E-state index contributed by atoms with van der Waals surface area (Å²) in [5.74, 6) is 2.11. The Bertz CT molecular complexity index is 826. The van der Waals surface area contributed by atoms with Crippen LogP contribution in [0.5, 0.6) is 11.5 Å². The minimum atomic E-state index is 0.0401. The highest BCUT2D eigenvalue weighted by Gasteiger charge is 2.28. The van der Waals surface area contributed by atoms with Gasteiger partial charge >= 0.3 is 0 Å². The molecule has 1 unspecified atom stereocenters. The smallest absolute Gasteiger partial charge is 0.202 e. The molecule has 1 aromatic heterocycles. The summed E-state index contributed by atoms with van der Waals surface area (Å²) >= 11 is 0. The van der Waals surface area contributed by atoms with Gasteiger partial charge in [0.05, 0.1) is 18.7 Å². The molecule has 0 saturated carbocycles. The van der Waals surface area contributed by atoms with Crippen LogP contribution in [0, 0.1) is 0 Å². The van der Waals surface area contributed by atoms with E-state index in [0.717, 1.165) is 28.1 Å². The summed E-state index contributed by atoms with van der Waals surface area (Å²) in [5, 5.41) is 0. The second kappa shape index (κ2) is 4.41. The molecule has 0 aliphatic carbocycles. The first kappa shape index (κ1) is 12.1. The Labute approximate surface area is 121 Å². The minimum Gasteiger partial charge on any atom is -0.494 e. The van der Waals surface area contributed by atoms with Gasteiger partial charge in [0.15, 0.2) is 0 Å². The fourth-order valence-electron chi connectivity index (χ4n) is 2.96. The molecule has 106 valence electrons. The maximum absolute atomic E-state index is 6.15. The van der Waals surface area contributed by atoms with Crippen molar-refractivity contribution < 1.29 is 9.47 Å². The summed E-state index contributed by atoms with van der Waals surface area (Å²) in [7, 11) is 1.64. The monoisotopic (exact) mass is 281 g/mol. The molecule has 4 rings (SSSR count). The first-order chi connectivity index (χ1) is 10.3. The summed E-state index contributed by atoms with van der Waals surface area (Å²) in [6.45, 7) is 0.562. The number of rotatable bonds is 2. The number of ether oxygens (including phenoxy) is 2. The zero-order chi connectivity index (χ0) is 14.4. The van der Waals surface area contributed by atoms with Gasteiger partial charge in [-0.1, -0.05) is 24.3 Å². The molecule has 0 spiro atoms. The van der Waals surface area contributed by atoms with Crippen molar-refractivity contribution in [2.24, 2.45) is 0 Å². The van der Waals surface area contributed by atoms with E-state index in [1.807, 2.05) is 41.0 Å². The number of para-hydroxylation sites is 2. The maximum atomic E-state index is 6.15. The molecule has 2 aromatic carbocycles. The number of aromatic nitrogens is 2. The van der Waals surface area contributed by atoms with E-state index in [1.165, 1.54) is 0 Å². The lowest BCUT2D eigenvalue weighted by molar-refractivity contribution is 0.320. The number of methoxy groups -OCH3 is 1. The molecule has 2 heterocycles. The van der Waals surface area contributed by atoms with Gasteiger partial charge in [0.1, 0.15) is 23.6 Å². The number of fused-ring (bicyclic) bond motifs is 2. The van der Waals surface area contributed by atoms with Gasteiger partial charge in [0.2, 0.25) is 5.95 Å². The number of nitrogens with zero attached hydrogens (tertiary/aromatic N) is 2. The molecule has 1 aliphatic rings. The Kier molecular flexibility index (Phi) is 2.54. The van der Waals surface area contributed by atoms with E-state index in [0.29, 0.717) is 12.6 Å². The Morgan fingerprint density at radius 3 is 2.95 bits per heavy atom. The Morgan fingerprint density at radius 1 is 1.24 bits per heavy atom. The molecular weight excluding hydrogens is 266 g/mol. The lowest BCUT2D eigenvalue weighted by Crippen LogP contribution is -2.14. The van der Waals surface area contributed by atoms with Crippen LogP contribution in [0.2, 0.25) is 0 Å². The van der Waals surface area contributed by atoms with Gasteiger partial charge in [-0.2, -0.15) is 0 Å². The van der Waals surface area contributed by atoms with Crippen molar-refractivity contribution in [1.29, 1.82) is 0 Å². The highest BCUT2D eigenvalue weighted by molar-refractivity contribution is 5.84. The average Bonchev–Trinajstić information content (AvgIpc) is 3.06. The van der Waals surface area contributed by atoms with Crippen molar-refractivity contribution in [1.82, 2.24) is 9.55 Å². The molecule has 5 heteroatoms. The molecule has 0 radical (unpaired) electrons. The minimum absolute atomic E-state index is 0.0401. The second-order valence-corrected chi connectivity index (χ2v) is 5.03. The van der Waals surface area contributed by atoms with Gasteiger partial charge in [0.25, 0.3) is 0 Å². The molecule has 0 saturated heterocycles. The molecule has 0 amide bonds. The van der Waals surface area contributed by atoms with Gasteiger partial charge < -0.3 is 15.2 Å². The molecule has 0 fully saturated rings. The molecule has 3 aromatic rings. The van der Waals surface area contributed by atoms with Gasteiger partial charge in [-0.05, 0) is 18.2 Å². The summed E-state index contributed by atoms with van der Waals surface area (Å²) < 4.78 is 13.1. The number of hydrogen-bond donors (Lipinski definition) is 1. The predicted octanol–water partition coefficient (Wildman–Crippen LogP) is 2.61. The summed E-state index contributed by atoms with van der Waals surface area (Å²) in [4.78, 5) is 4.46. The number of imidazole rings is 1. The van der Waals surface area contributed by atoms with E-state index in [4.69, 9.17) is 15.2 Å². The number of hydrogen-bond acceptors (Lipinski definition) is 4. The normalized spacial score (nSPS) is 16.7. The number of anilines is 1. The first-order valence-corrected chi connectivity index (χ1v) is 6.81. The van der Waals surface area contributed by atoms with Crippen LogP contribution in [-0.4, -0.2) is 23.3 Å². The molecule has 2 N–H and O–H groups in total. The quantitative estimate of drug-likeness (QED) is 0.784. The van der Waals surface area contributed by atoms with E-state index < -0.39 is 0 Å². The van der Waals surface area contributed by atoms with Crippen molar-refractivity contribution in [2.75, 3.05) is 19.5 Å². The third kappa shape index (κ3) is 1.67. The van der Waals surface area contributed by atoms with Crippen LogP contribution in [0.1, 0.15) is 11.6 Å². The SMILES string of the molecule is COc1cccc2c1nc(N)n2C1COc2ccccc21. The van der Waals surface area contributed by atoms with E-state index in [-0.39, 0.29) is 6.04 Å². The van der Waals surface area contributed by atoms with Crippen LogP contribution in [0.3, 0.4) is 0 Å². The predicted molar refractivity (Wildman–Crippen MR) is 80.8 cm³/mol. The van der Waals surface area contributed by atoms with Crippen LogP contribution >= 0.6 is 0 Å². The van der Waals surface area contributed by atoms with E-state index in [9.17, 15) is 0 Å². The summed E-state index contributed by atoms with van der Waals surface area (Å²) in [6, 6.07) is 13.9. The Hall–Kier alpha value is -2.69. The van der Waals surface area contributed by atoms with Crippen molar-refractivity contribution >= 4 is 17.0 Å². The first-order valence-electron chi connectivity index (χ1n) is 6.81. The maximum Gasteiger partial charge on any atom is 0.202 e. The lowest BCUT2D eigenvalue weighted by Gasteiger charge is -2.14. The van der Waals surface area contributed by atoms with Crippen molar-refractivity contribution in [3.05, 3.63) is 48.0 Å². The molecule has 1 atom stereocenters. The third-order valence-electron chi connectivity index (χ3n) is 3.92. The standard InChI is InChI=1S/C16H15N3O2/c1-20-14-8-4-6-11-15(14)18-16(17)19(11)12-9-21-13-7-3-2-5-10(12)13/h2-8,12H,9H2,1H3,(H2,17,18). The zero-order valence-corrected chi connectivity index (χ0v) is 11.6. The van der Waals surface area contributed by atoms with Crippen LogP contribution in [0.4, 0.5) is 5.95 Å². The highest BCUT2D eigenvalue weighted by atomic mass is 16.5. The van der Waals surface area contributed by atoms with Crippen molar-refractivity contribution in [3.8, 4) is 11.5 Å². The molecule has 1 aliphatic heterocycles. The largest absolute Gasteiger partial charge is 0.494 e. The van der Waals surface area contributed by atoms with Crippen LogP contribution < -0.4 is 15.2 Å². The average molecular weight is 281 g/mol. The topological polar surface area (TPSA) is 62.3 Å². The van der Waals surface area contributed by atoms with Gasteiger partial charge in [-0.3, -0.25) is 4.57 Å². The van der Waals surface area contributed by atoms with Crippen molar-refractivity contribution in [2.45, 2.75) is 6.04 Å². The number of benzene rings is 2. The van der Waals surface area contributed by atoms with Crippen LogP contribution in [-0.2, 0) is 0 Å². The fraction of sp³-hybridized carbons (Fsp3) is 0.188. The molecular formula is C16H15N3O2. The summed E-state index contributed by atoms with van der Waals surface area (Å²) in [6.07, 6.45) is 0. The zero-order valence-electron chi connectivity index (χ0n) is 11.6. The highest BCUT2D eigenvalue weighted by Crippen LogP contribution is 2.38. The molecule has 5 nitrogen and oxygen atoms in total. The number of nitrogen functional groups attached to an aromatic ring is 1. The van der Waals surface area contributed by atoms with Crippen molar-refractivity contribution in [3.63, 3.8) is 0 Å². The Morgan fingerprint density at radius 2 is 2.10 bits per heavy atom. The van der Waals surface area contributed by atoms with Crippen LogP contribution in [0.25, 0.3) is 11.0 Å². The fourth-order valence-corrected chi connectivity index (χ4v) is 2.96. The van der Waals surface area contributed by atoms with E-state index in [1.54, 1.807) is 7.11 Å². The van der Waals surface area contributed by atoms with Gasteiger partial charge in [-0.15, -0.1) is 0 Å². The number of nitrogens with two attached hydrogens (primary N) is 1. The van der Waals surface area contributed by atoms with Gasteiger partial charge in [0, 0.05) is 5.56 Å². The summed E-state index contributed by atoms with van der Waals surface area (Å²) in [5.41, 5.74) is 9.02. The second-order valence-electron chi connectivity index (χ2n) is 5.03.